The maximum absolute atomic E-state index is 11.8. The number of aromatic nitrogens is 1. The molecule has 4 nitrogen and oxygen atoms in total. The van der Waals surface area contributed by atoms with Gasteiger partial charge in [-0.3, -0.25) is 4.79 Å². The average molecular weight is 333 g/mol. The van der Waals surface area contributed by atoms with Crippen molar-refractivity contribution < 1.29 is 4.74 Å². The quantitative estimate of drug-likeness (QED) is 0.902. The van der Waals surface area contributed by atoms with E-state index in [-0.39, 0.29) is 17.2 Å². The maximum atomic E-state index is 11.8. The van der Waals surface area contributed by atoms with Crippen LogP contribution in [0.3, 0.4) is 0 Å². The van der Waals surface area contributed by atoms with E-state index in [1.807, 2.05) is 12.1 Å². The van der Waals surface area contributed by atoms with Gasteiger partial charge in [-0.25, -0.2) is 0 Å². The van der Waals surface area contributed by atoms with E-state index in [2.05, 4.69) is 4.98 Å². The van der Waals surface area contributed by atoms with Crippen LogP contribution in [0.25, 0.3) is 10.8 Å². The molecule has 1 heterocycles. The molecule has 0 bridgehead atoms. The molecule has 122 valence electrons. The van der Waals surface area contributed by atoms with Crippen molar-refractivity contribution >= 4 is 22.4 Å². The lowest BCUT2D eigenvalue weighted by Crippen LogP contribution is -2.47. The third kappa shape index (κ3) is 2.86. The molecule has 4 rings (SSSR count). The van der Waals surface area contributed by atoms with E-state index in [1.165, 1.54) is 12.8 Å². The lowest BCUT2D eigenvalue weighted by Gasteiger charge is -2.37. The van der Waals surface area contributed by atoms with Gasteiger partial charge in [-0.2, -0.15) is 0 Å². The van der Waals surface area contributed by atoms with Crippen molar-refractivity contribution in [1.29, 1.82) is 0 Å². The molecule has 2 saturated carbocycles. The molecular formula is C18H21ClN2O2. The van der Waals surface area contributed by atoms with Crippen LogP contribution in [0, 0.1) is 5.92 Å². The number of hydrogen-bond donors (Lipinski definition) is 2. The minimum absolute atomic E-state index is 0.0281. The van der Waals surface area contributed by atoms with Crippen LogP contribution in [0.4, 0.5) is 0 Å². The summed E-state index contributed by atoms with van der Waals surface area (Å²) < 4.78 is 6.13. The predicted molar refractivity (Wildman–Crippen MR) is 92.1 cm³/mol. The van der Waals surface area contributed by atoms with E-state index in [4.69, 9.17) is 22.1 Å². The van der Waals surface area contributed by atoms with E-state index in [1.54, 1.807) is 12.3 Å². The molecule has 0 atom stereocenters. The van der Waals surface area contributed by atoms with Crippen molar-refractivity contribution in [1.82, 2.24) is 4.98 Å². The van der Waals surface area contributed by atoms with Crippen LogP contribution in [-0.4, -0.2) is 16.6 Å². The van der Waals surface area contributed by atoms with Crippen LogP contribution in [-0.2, 0) is 0 Å². The first-order valence-corrected chi connectivity index (χ1v) is 8.69. The molecule has 0 saturated heterocycles. The van der Waals surface area contributed by atoms with E-state index in [0.29, 0.717) is 16.2 Å². The van der Waals surface area contributed by atoms with Gasteiger partial charge < -0.3 is 15.5 Å². The summed E-state index contributed by atoms with van der Waals surface area (Å²) in [6.45, 7) is 0. The van der Waals surface area contributed by atoms with Crippen molar-refractivity contribution in [3.63, 3.8) is 0 Å². The Balaban J connectivity index is 1.52. The van der Waals surface area contributed by atoms with Gasteiger partial charge >= 0.3 is 0 Å². The summed E-state index contributed by atoms with van der Waals surface area (Å²) in [6.07, 6.45) is 8.34. The van der Waals surface area contributed by atoms with Crippen LogP contribution in [0.2, 0.25) is 5.02 Å². The SMILES string of the molecule is N[C@]1(C2CC2)CC[C@@H](Oc2cc3cc[nH]c(=O)c3cc2Cl)CC1. The number of ether oxygens (including phenoxy) is 1. The number of nitrogens with two attached hydrogens (primary N) is 1. The minimum Gasteiger partial charge on any atom is -0.489 e. The van der Waals surface area contributed by atoms with Gasteiger partial charge in [0.2, 0.25) is 0 Å². The molecule has 1 aromatic heterocycles. The summed E-state index contributed by atoms with van der Waals surface area (Å²) in [5.74, 6) is 1.38. The second-order valence-corrected chi connectivity index (χ2v) is 7.41. The topological polar surface area (TPSA) is 68.1 Å². The van der Waals surface area contributed by atoms with Crippen LogP contribution in [0.5, 0.6) is 5.75 Å². The Morgan fingerprint density at radius 3 is 2.65 bits per heavy atom. The molecule has 0 spiro atoms. The van der Waals surface area contributed by atoms with Crippen molar-refractivity contribution in [3.8, 4) is 5.75 Å². The number of pyridine rings is 1. The number of rotatable bonds is 3. The molecule has 1 aromatic carbocycles. The van der Waals surface area contributed by atoms with E-state index in [9.17, 15) is 4.79 Å². The van der Waals surface area contributed by atoms with Crippen molar-refractivity contribution in [2.24, 2.45) is 11.7 Å². The zero-order valence-electron chi connectivity index (χ0n) is 13.0. The Bertz CT molecular complexity index is 789. The van der Waals surface area contributed by atoms with Gasteiger partial charge in [-0.1, -0.05) is 11.6 Å². The number of aromatic amines is 1. The van der Waals surface area contributed by atoms with Gasteiger partial charge in [0.15, 0.2) is 0 Å². The minimum atomic E-state index is -0.133. The molecule has 0 unspecified atom stereocenters. The molecule has 5 heteroatoms. The molecule has 2 aromatic rings. The molecule has 2 aliphatic carbocycles. The fourth-order valence-corrected chi connectivity index (χ4v) is 3.98. The summed E-state index contributed by atoms with van der Waals surface area (Å²) in [6, 6.07) is 5.40. The van der Waals surface area contributed by atoms with E-state index >= 15 is 0 Å². The van der Waals surface area contributed by atoms with Gasteiger partial charge in [-0.15, -0.1) is 0 Å². The normalized spacial score (nSPS) is 28.0. The van der Waals surface area contributed by atoms with Gasteiger partial charge in [0.25, 0.3) is 5.56 Å². The van der Waals surface area contributed by atoms with Crippen LogP contribution >= 0.6 is 11.6 Å². The Kier molecular flexibility index (Phi) is 3.62. The summed E-state index contributed by atoms with van der Waals surface area (Å²) in [4.78, 5) is 14.5. The Labute approximate surface area is 140 Å². The van der Waals surface area contributed by atoms with E-state index in [0.717, 1.165) is 37.0 Å². The predicted octanol–water partition coefficient (Wildman–Crippen LogP) is 3.61. The molecule has 0 radical (unpaired) electrons. The monoisotopic (exact) mass is 332 g/mol. The summed E-state index contributed by atoms with van der Waals surface area (Å²) >= 11 is 6.31. The van der Waals surface area contributed by atoms with Gasteiger partial charge in [0.1, 0.15) is 5.75 Å². The molecular weight excluding hydrogens is 312 g/mol. The highest BCUT2D eigenvalue weighted by Crippen LogP contribution is 2.46. The molecule has 23 heavy (non-hydrogen) atoms. The second-order valence-electron chi connectivity index (χ2n) is 7.00. The molecule has 2 fully saturated rings. The van der Waals surface area contributed by atoms with E-state index < -0.39 is 0 Å². The molecule has 2 aliphatic rings. The third-order valence-electron chi connectivity index (χ3n) is 5.37. The molecule has 3 N–H and O–H groups in total. The number of halogens is 1. The highest BCUT2D eigenvalue weighted by Gasteiger charge is 2.44. The lowest BCUT2D eigenvalue weighted by atomic mass is 9.78. The van der Waals surface area contributed by atoms with Gasteiger partial charge in [-0.05, 0) is 68.0 Å². The first-order valence-electron chi connectivity index (χ1n) is 8.32. The fourth-order valence-electron chi connectivity index (χ4n) is 3.77. The number of hydrogen-bond acceptors (Lipinski definition) is 3. The third-order valence-corrected chi connectivity index (χ3v) is 5.67. The van der Waals surface area contributed by atoms with Gasteiger partial charge in [0.05, 0.1) is 11.1 Å². The van der Waals surface area contributed by atoms with Crippen molar-refractivity contribution in [2.45, 2.75) is 50.2 Å². The zero-order valence-corrected chi connectivity index (χ0v) is 13.7. The van der Waals surface area contributed by atoms with Crippen LogP contribution in [0.1, 0.15) is 38.5 Å². The average Bonchev–Trinajstić information content (AvgIpc) is 3.37. The van der Waals surface area contributed by atoms with Crippen molar-refractivity contribution in [2.75, 3.05) is 0 Å². The lowest BCUT2D eigenvalue weighted by molar-refractivity contribution is 0.110. The fraction of sp³-hybridized carbons (Fsp3) is 0.500. The Morgan fingerprint density at radius 1 is 1.22 bits per heavy atom. The van der Waals surface area contributed by atoms with Gasteiger partial charge in [0, 0.05) is 17.1 Å². The highest BCUT2D eigenvalue weighted by atomic mass is 35.5. The first kappa shape index (κ1) is 15.0. The zero-order chi connectivity index (χ0) is 16.0. The number of fused-ring (bicyclic) bond motifs is 1. The van der Waals surface area contributed by atoms with Crippen LogP contribution in [0.15, 0.2) is 29.2 Å². The smallest absolute Gasteiger partial charge is 0.255 e. The Hall–Kier alpha value is -1.52. The molecule has 0 aliphatic heterocycles. The largest absolute Gasteiger partial charge is 0.489 e. The second kappa shape index (κ2) is 5.53. The Morgan fingerprint density at radius 2 is 1.96 bits per heavy atom. The maximum Gasteiger partial charge on any atom is 0.255 e. The highest BCUT2D eigenvalue weighted by molar-refractivity contribution is 6.32. The summed E-state index contributed by atoms with van der Waals surface area (Å²) in [5.41, 5.74) is 6.42. The molecule has 0 amide bonds. The number of benzene rings is 1. The summed E-state index contributed by atoms with van der Waals surface area (Å²) in [5, 5.41) is 1.92. The standard InChI is InChI=1S/C18H21ClN2O2/c19-15-10-14-11(5-8-21-17(14)22)9-16(15)23-13-3-6-18(20,7-4-13)12-1-2-12/h5,8-10,12-13H,1-4,6-7,20H2,(H,21,22)/t13-,18-. The first-order chi connectivity index (χ1) is 11.0. The number of H-pyrrole nitrogens is 1. The summed E-state index contributed by atoms with van der Waals surface area (Å²) in [7, 11) is 0. The van der Waals surface area contributed by atoms with Crippen LogP contribution < -0.4 is 16.0 Å². The number of nitrogens with one attached hydrogen (secondary N) is 1. The van der Waals surface area contributed by atoms with Crippen molar-refractivity contribution in [3.05, 3.63) is 39.8 Å².